The Labute approximate surface area is 264 Å². The van der Waals surface area contributed by atoms with Crippen molar-refractivity contribution in [2.45, 2.75) is 25.9 Å². The zero-order valence-electron chi connectivity index (χ0n) is 23.8. The maximum absolute atomic E-state index is 13.7. The van der Waals surface area contributed by atoms with E-state index < -0.39 is 23.4 Å². The van der Waals surface area contributed by atoms with E-state index in [-0.39, 0.29) is 43.2 Å². The molecule has 14 heteroatoms. The average Bonchev–Trinajstić information content (AvgIpc) is 3.75. The van der Waals surface area contributed by atoms with E-state index in [1.54, 1.807) is 77.9 Å². The molecule has 2 aliphatic rings. The first-order valence-corrected chi connectivity index (χ1v) is 12.9. The summed E-state index contributed by atoms with van der Waals surface area (Å²) >= 11 is 0. The van der Waals surface area contributed by atoms with E-state index >= 15 is 0 Å². The standard InChI is InChI=1S/C15H14F3N4.C15H11F2N3O.Ir/c1-19-3-5-21(10-19)13-7-12(15(16,17)18)8-14(9-13)22-6-4-20(2)11-22;1-8(2)12-6-13(20-19-12)15-18-14(7-21-15)10-4-3-9(16)5-11(10)17;/h3-8,10-11H,1-2H3;3,5-8H,1-2H3;/q-3;-2;. The minimum atomic E-state index is -4.41. The molecule has 8 nitrogen and oxygen atoms in total. The number of rotatable bonds is 5. The van der Waals surface area contributed by atoms with Crippen LogP contribution in [0.1, 0.15) is 31.0 Å². The van der Waals surface area contributed by atoms with E-state index in [2.05, 4.69) is 27.3 Å². The summed E-state index contributed by atoms with van der Waals surface area (Å²) in [5.74, 6) is -0.958. The van der Waals surface area contributed by atoms with Crippen LogP contribution in [-0.2, 0) is 26.3 Å². The van der Waals surface area contributed by atoms with Gasteiger partial charge in [0.15, 0.2) is 5.89 Å². The van der Waals surface area contributed by atoms with Gasteiger partial charge in [-0.3, -0.25) is 13.8 Å². The molecule has 44 heavy (non-hydrogen) atoms. The SMILES string of the molecule is CC(C)c1cc(-c2nc(-c3[c-]cc(F)cc3F)co2)[n-]n1.CN1C=CN(c2[c-]c(N3C=CN(C)[CH-]3)cc(C(F)(F)F)c2)[CH-]1.[Ir]. The fraction of sp³-hybridized carbons (Fsp3) is 0.200. The minimum Gasteiger partial charge on any atom is -0.571 e. The second-order valence-electron chi connectivity index (χ2n) is 10.00. The predicted octanol–water partition coefficient (Wildman–Crippen LogP) is 6.75. The molecule has 2 aromatic carbocycles. The zero-order valence-corrected chi connectivity index (χ0v) is 26.2. The summed E-state index contributed by atoms with van der Waals surface area (Å²) in [4.78, 5) is 10.9. The molecule has 0 spiro atoms. The van der Waals surface area contributed by atoms with Gasteiger partial charge >= 0.3 is 6.18 Å². The second kappa shape index (κ2) is 13.2. The number of aromatic nitrogens is 3. The molecule has 0 fully saturated rings. The van der Waals surface area contributed by atoms with Gasteiger partial charge in [0.2, 0.25) is 0 Å². The number of anilines is 2. The first kappa shape index (κ1) is 32.7. The van der Waals surface area contributed by atoms with Gasteiger partial charge in [-0.05, 0) is 44.8 Å². The van der Waals surface area contributed by atoms with Crippen molar-refractivity contribution in [1.82, 2.24) is 25.0 Å². The third-order valence-electron chi connectivity index (χ3n) is 6.25. The molecule has 0 saturated carbocycles. The molecule has 1 radical (unpaired) electrons. The largest absolute Gasteiger partial charge is 0.571 e. The van der Waals surface area contributed by atoms with Crippen LogP contribution in [0.25, 0.3) is 22.8 Å². The van der Waals surface area contributed by atoms with E-state index in [1.807, 2.05) is 13.8 Å². The first-order chi connectivity index (χ1) is 20.4. The number of nitrogens with zero attached hydrogens (tertiary/aromatic N) is 7. The number of hydrogen-bond acceptors (Lipinski definition) is 7. The summed E-state index contributed by atoms with van der Waals surface area (Å²) in [5.41, 5.74) is 1.55. The van der Waals surface area contributed by atoms with E-state index in [0.717, 1.165) is 30.0 Å². The summed E-state index contributed by atoms with van der Waals surface area (Å²) in [6.45, 7) is 7.37. The first-order valence-electron chi connectivity index (χ1n) is 12.9. The topological polar surface area (TPSA) is 66.0 Å². The van der Waals surface area contributed by atoms with Crippen LogP contribution >= 0.6 is 0 Å². The van der Waals surface area contributed by atoms with Crippen LogP contribution < -0.4 is 14.9 Å². The van der Waals surface area contributed by atoms with Crippen molar-refractivity contribution in [3.63, 3.8) is 0 Å². The monoisotopic (exact) mass is 787 g/mol. The van der Waals surface area contributed by atoms with Gasteiger partial charge in [0.05, 0.1) is 6.26 Å². The molecule has 0 unspecified atom stereocenters. The van der Waals surface area contributed by atoms with E-state index in [4.69, 9.17) is 4.42 Å². The molecule has 0 bridgehead atoms. The molecule has 0 amide bonds. The van der Waals surface area contributed by atoms with E-state index in [1.165, 1.54) is 6.26 Å². The maximum Gasteiger partial charge on any atom is 0.394 e. The number of alkyl halides is 3. The van der Waals surface area contributed by atoms with Crippen LogP contribution in [0.15, 0.2) is 65.8 Å². The Morgan fingerprint density at radius 1 is 0.932 bits per heavy atom. The Balaban J connectivity index is 0.000000197. The smallest absolute Gasteiger partial charge is 0.394 e. The fourth-order valence-electron chi connectivity index (χ4n) is 4.01. The van der Waals surface area contributed by atoms with Gasteiger partial charge in [0, 0.05) is 43.1 Å². The Morgan fingerprint density at radius 2 is 1.55 bits per heavy atom. The van der Waals surface area contributed by atoms with E-state index in [0.29, 0.717) is 17.1 Å². The van der Waals surface area contributed by atoms with Crippen molar-refractivity contribution in [2.75, 3.05) is 23.9 Å². The van der Waals surface area contributed by atoms with Crippen LogP contribution in [0.3, 0.4) is 0 Å². The molecule has 2 aromatic heterocycles. The van der Waals surface area contributed by atoms with Gasteiger partial charge in [0.25, 0.3) is 0 Å². The van der Waals surface area contributed by atoms with Crippen molar-refractivity contribution in [3.05, 3.63) is 110 Å². The molecular formula is C30H25F5IrN7O-5. The summed E-state index contributed by atoms with van der Waals surface area (Å²) in [6.07, 6.45) is 3.75. The molecule has 0 saturated heterocycles. The van der Waals surface area contributed by atoms with Gasteiger partial charge < -0.3 is 34.2 Å². The van der Waals surface area contributed by atoms with Crippen molar-refractivity contribution < 1.29 is 46.5 Å². The van der Waals surface area contributed by atoms with Crippen LogP contribution in [0.2, 0.25) is 0 Å². The Morgan fingerprint density at radius 3 is 2.02 bits per heavy atom. The average molecular weight is 787 g/mol. The zero-order chi connectivity index (χ0) is 30.9. The molecule has 235 valence electrons. The molecule has 4 heterocycles. The summed E-state index contributed by atoms with van der Waals surface area (Å²) in [6, 6.07) is 11.3. The molecule has 0 aliphatic carbocycles. The molecule has 0 atom stereocenters. The van der Waals surface area contributed by atoms with Crippen LogP contribution in [0.4, 0.5) is 33.3 Å². The van der Waals surface area contributed by atoms with Crippen molar-refractivity contribution in [3.8, 4) is 22.8 Å². The normalized spacial score (nSPS) is 14.4. The third-order valence-corrected chi connectivity index (χ3v) is 6.25. The molecule has 6 rings (SSSR count). The number of benzene rings is 2. The summed E-state index contributed by atoms with van der Waals surface area (Å²) in [7, 11) is 3.61. The quantitative estimate of drug-likeness (QED) is 0.163. The molecule has 4 aromatic rings. The van der Waals surface area contributed by atoms with Gasteiger partial charge in [-0.2, -0.15) is 26.5 Å². The summed E-state index contributed by atoms with van der Waals surface area (Å²) in [5, 5.41) is 8.00. The number of halogens is 5. The van der Waals surface area contributed by atoms with Crippen molar-refractivity contribution in [1.29, 1.82) is 0 Å². The van der Waals surface area contributed by atoms with Crippen molar-refractivity contribution in [2.24, 2.45) is 0 Å². The van der Waals surface area contributed by atoms with E-state index in [9.17, 15) is 22.0 Å². The minimum absolute atomic E-state index is 0. The van der Waals surface area contributed by atoms with Crippen LogP contribution in [0, 0.1) is 37.1 Å². The second-order valence-corrected chi connectivity index (χ2v) is 10.00. The third kappa shape index (κ3) is 7.48. The Kier molecular flexibility index (Phi) is 9.84. The Bertz CT molecular complexity index is 1600. The number of hydrogen-bond donors (Lipinski definition) is 0. The Hall–Kier alpha value is -4.16. The van der Waals surface area contributed by atoms with Gasteiger partial charge in [0.1, 0.15) is 0 Å². The summed E-state index contributed by atoms with van der Waals surface area (Å²) < 4.78 is 71.3. The molecule has 2 aliphatic heterocycles. The van der Waals surface area contributed by atoms with Gasteiger partial charge in [-0.1, -0.05) is 42.8 Å². The van der Waals surface area contributed by atoms with Gasteiger partial charge in [-0.15, -0.1) is 41.7 Å². The predicted molar refractivity (Wildman–Crippen MR) is 149 cm³/mol. The molecule has 0 N–H and O–H groups in total. The fourth-order valence-corrected chi connectivity index (χ4v) is 4.01. The number of oxazole rings is 1. The van der Waals surface area contributed by atoms with Gasteiger partial charge in [-0.25, -0.2) is 0 Å². The van der Waals surface area contributed by atoms with Crippen LogP contribution in [0.5, 0.6) is 0 Å². The van der Waals surface area contributed by atoms with Crippen molar-refractivity contribution >= 4 is 11.4 Å². The molecular weight excluding hydrogens is 762 g/mol. The van der Waals surface area contributed by atoms with Crippen LogP contribution in [-0.4, -0.2) is 34.0 Å². The maximum atomic E-state index is 13.7.